The highest BCUT2D eigenvalue weighted by molar-refractivity contribution is 8.00. The Kier molecular flexibility index (Phi) is 6.90. The van der Waals surface area contributed by atoms with Gasteiger partial charge in [0.1, 0.15) is 4.34 Å². The quantitative estimate of drug-likeness (QED) is 0.534. The van der Waals surface area contributed by atoms with Crippen LogP contribution in [0, 0.1) is 12.8 Å². The molecule has 27 heavy (non-hydrogen) atoms. The maximum Gasteiger partial charge on any atom is 0.338 e. The molecular weight excluding hydrogens is 380 g/mol. The molecule has 1 aliphatic heterocycles. The van der Waals surface area contributed by atoms with Crippen LogP contribution < -0.4 is 0 Å². The number of aryl methyl sites for hydroxylation is 1. The Bertz CT molecular complexity index is 806. The second-order valence-corrected chi connectivity index (χ2v) is 8.94. The molecule has 0 spiro atoms. The van der Waals surface area contributed by atoms with E-state index in [0.717, 1.165) is 41.5 Å². The molecule has 1 aliphatic rings. The largest absolute Gasteiger partial charge is 0.452 e. The van der Waals surface area contributed by atoms with Gasteiger partial charge < -0.3 is 9.64 Å². The number of ether oxygens (including phenoxy) is 1. The number of esters is 1. The van der Waals surface area contributed by atoms with Gasteiger partial charge in [-0.25, -0.2) is 9.78 Å². The van der Waals surface area contributed by atoms with E-state index in [1.54, 1.807) is 34.1 Å². The van der Waals surface area contributed by atoms with Crippen molar-refractivity contribution in [3.63, 3.8) is 0 Å². The molecule has 2 heterocycles. The third-order valence-electron chi connectivity index (χ3n) is 4.52. The first-order chi connectivity index (χ1) is 13.0. The zero-order chi connectivity index (χ0) is 19.2. The maximum atomic E-state index is 12.5. The molecule has 3 rings (SSSR count). The lowest BCUT2D eigenvalue weighted by atomic mass is 10.0. The smallest absolute Gasteiger partial charge is 0.338 e. The summed E-state index contributed by atoms with van der Waals surface area (Å²) in [4.78, 5) is 31.1. The van der Waals surface area contributed by atoms with E-state index in [9.17, 15) is 9.59 Å². The first-order valence-corrected chi connectivity index (χ1v) is 11.0. The Labute approximate surface area is 168 Å². The summed E-state index contributed by atoms with van der Waals surface area (Å²) in [7, 11) is 0. The molecule has 1 saturated heterocycles. The van der Waals surface area contributed by atoms with Crippen molar-refractivity contribution in [1.29, 1.82) is 0 Å². The van der Waals surface area contributed by atoms with E-state index >= 15 is 0 Å². The fraction of sp³-hybridized carbons (Fsp3) is 0.450. The van der Waals surface area contributed by atoms with Crippen LogP contribution in [0.5, 0.6) is 0 Å². The van der Waals surface area contributed by atoms with Crippen molar-refractivity contribution in [3.05, 3.63) is 46.5 Å². The Morgan fingerprint density at radius 1 is 1.37 bits per heavy atom. The van der Waals surface area contributed by atoms with E-state index in [0.29, 0.717) is 17.2 Å². The molecule has 0 radical (unpaired) electrons. The third kappa shape index (κ3) is 5.56. The highest BCUT2D eigenvalue weighted by Gasteiger charge is 2.22. The van der Waals surface area contributed by atoms with E-state index in [4.69, 9.17) is 4.74 Å². The van der Waals surface area contributed by atoms with Gasteiger partial charge in [-0.15, -0.1) is 11.3 Å². The molecule has 144 valence electrons. The van der Waals surface area contributed by atoms with E-state index in [2.05, 4.69) is 11.9 Å². The molecule has 0 saturated carbocycles. The molecule has 0 unspecified atom stereocenters. The zero-order valence-electron chi connectivity index (χ0n) is 15.6. The normalized spacial score (nSPS) is 17.0. The number of likely N-dealkylation sites (tertiary alicyclic amines) is 1. The standard InChI is InChI=1S/C20H24N2O3S2/c1-14-6-5-9-22(10-14)18(23)11-25-19(24)17-8-4-3-7-16(17)13-27-20-21-15(2)12-26-20/h3-4,7-8,12,14H,5-6,9-11,13H2,1-2H3/t14-/m1/s1. The average molecular weight is 405 g/mol. The molecule has 0 bridgehead atoms. The summed E-state index contributed by atoms with van der Waals surface area (Å²) in [6.45, 7) is 5.41. The van der Waals surface area contributed by atoms with Crippen molar-refractivity contribution in [3.8, 4) is 0 Å². The van der Waals surface area contributed by atoms with Crippen molar-refractivity contribution in [2.45, 2.75) is 36.8 Å². The van der Waals surface area contributed by atoms with Gasteiger partial charge in [-0.3, -0.25) is 4.79 Å². The lowest BCUT2D eigenvalue weighted by Crippen LogP contribution is -2.41. The SMILES string of the molecule is Cc1csc(SCc2ccccc2C(=O)OCC(=O)N2CCC[C@@H](C)C2)n1. The monoisotopic (exact) mass is 404 g/mol. The molecule has 7 heteroatoms. The molecule has 1 fully saturated rings. The number of rotatable bonds is 6. The summed E-state index contributed by atoms with van der Waals surface area (Å²) in [6.07, 6.45) is 2.16. The minimum absolute atomic E-state index is 0.111. The minimum atomic E-state index is -0.445. The van der Waals surface area contributed by atoms with Crippen LogP contribution in [-0.4, -0.2) is 41.5 Å². The van der Waals surface area contributed by atoms with Crippen LogP contribution in [0.4, 0.5) is 0 Å². The summed E-state index contributed by atoms with van der Waals surface area (Å²) < 4.78 is 6.30. The molecule has 0 aliphatic carbocycles. The molecule has 1 aromatic carbocycles. The van der Waals surface area contributed by atoms with Crippen molar-refractivity contribution < 1.29 is 14.3 Å². The van der Waals surface area contributed by atoms with Crippen LogP contribution in [-0.2, 0) is 15.3 Å². The van der Waals surface area contributed by atoms with Crippen LogP contribution in [0.25, 0.3) is 0 Å². The lowest BCUT2D eigenvalue weighted by Gasteiger charge is -2.30. The predicted octanol–water partition coefficient (Wildman–Crippen LogP) is 4.16. The molecule has 1 atom stereocenters. The molecule has 0 N–H and O–H groups in total. The molecular formula is C20H24N2O3S2. The molecule has 5 nitrogen and oxygen atoms in total. The van der Waals surface area contributed by atoms with E-state index in [-0.39, 0.29) is 12.5 Å². The highest BCUT2D eigenvalue weighted by atomic mass is 32.2. The summed E-state index contributed by atoms with van der Waals surface area (Å²) in [5.41, 5.74) is 2.40. The fourth-order valence-electron chi connectivity index (χ4n) is 3.10. The number of hydrogen-bond donors (Lipinski definition) is 0. The van der Waals surface area contributed by atoms with Gasteiger partial charge in [0.25, 0.3) is 5.91 Å². The summed E-state index contributed by atoms with van der Waals surface area (Å²) in [6, 6.07) is 7.38. The Balaban J connectivity index is 1.57. The van der Waals surface area contributed by atoms with Crippen LogP contribution in [0.1, 0.15) is 41.4 Å². The van der Waals surface area contributed by atoms with E-state index in [1.807, 2.05) is 30.5 Å². The van der Waals surface area contributed by atoms with E-state index < -0.39 is 5.97 Å². The first-order valence-electron chi connectivity index (χ1n) is 9.10. The van der Waals surface area contributed by atoms with Crippen molar-refractivity contribution in [2.75, 3.05) is 19.7 Å². The number of thiazole rings is 1. The Morgan fingerprint density at radius 3 is 2.93 bits per heavy atom. The fourth-order valence-corrected chi connectivity index (χ4v) is 4.95. The minimum Gasteiger partial charge on any atom is -0.452 e. The Hall–Kier alpha value is -1.86. The number of thioether (sulfide) groups is 1. The molecule has 1 aromatic heterocycles. The van der Waals surface area contributed by atoms with Gasteiger partial charge in [0.05, 0.1) is 5.56 Å². The second-order valence-electron chi connectivity index (χ2n) is 6.86. The van der Waals surface area contributed by atoms with Gasteiger partial charge in [-0.05, 0) is 37.3 Å². The number of aromatic nitrogens is 1. The highest BCUT2D eigenvalue weighted by Crippen LogP contribution is 2.27. The topological polar surface area (TPSA) is 59.5 Å². The lowest BCUT2D eigenvalue weighted by molar-refractivity contribution is -0.136. The van der Waals surface area contributed by atoms with Crippen molar-refractivity contribution in [1.82, 2.24) is 9.88 Å². The van der Waals surface area contributed by atoms with Gasteiger partial charge in [0.2, 0.25) is 0 Å². The first kappa shape index (κ1) is 19.9. The summed E-state index contributed by atoms with van der Waals surface area (Å²) in [5, 5.41) is 2.01. The summed E-state index contributed by atoms with van der Waals surface area (Å²) in [5.74, 6) is 0.584. The van der Waals surface area contributed by atoms with Crippen LogP contribution in [0.15, 0.2) is 34.0 Å². The number of amides is 1. The number of nitrogens with zero attached hydrogens (tertiary/aromatic N) is 2. The molecule has 1 amide bonds. The van der Waals surface area contributed by atoms with Gasteiger partial charge >= 0.3 is 5.97 Å². The van der Waals surface area contributed by atoms with Gasteiger partial charge in [0, 0.05) is 29.9 Å². The van der Waals surface area contributed by atoms with Crippen LogP contribution in [0.3, 0.4) is 0 Å². The van der Waals surface area contributed by atoms with Crippen molar-refractivity contribution >= 4 is 35.0 Å². The maximum absolute atomic E-state index is 12.5. The zero-order valence-corrected chi connectivity index (χ0v) is 17.3. The Morgan fingerprint density at radius 2 is 2.19 bits per heavy atom. The third-order valence-corrected chi connectivity index (χ3v) is 6.71. The number of carbonyl (C=O) groups is 2. The van der Waals surface area contributed by atoms with Gasteiger partial charge in [0.15, 0.2) is 6.61 Å². The van der Waals surface area contributed by atoms with E-state index in [1.165, 1.54) is 0 Å². The van der Waals surface area contributed by atoms with Gasteiger partial charge in [-0.1, -0.05) is 36.9 Å². The second kappa shape index (κ2) is 9.37. The van der Waals surface area contributed by atoms with Crippen LogP contribution >= 0.6 is 23.1 Å². The number of hydrogen-bond acceptors (Lipinski definition) is 6. The van der Waals surface area contributed by atoms with Gasteiger partial charge in [-0.2, -0.15) is 0 Å². The number of benzene rings is 1. The summed E-state index contributed by atoms with van der Waals surface area (Å²) >= 11 is 3.20. The predicted molar refractivity (Wildman–Crippen MR) is 108 cm³/mol. The average Bonchev–Trinajstić information content (AvgIpc) is 3.09. The number of piperidine rings is 1. The number of carbonyl (C=O) groups excluding carboxylic acids is 2. The molecule has 2 aromatic rings. The van der Waals surface area contributed by atoms with Crippen LogP contribution in [0.2, 0.25) is 0 Å². The van der Waals surface area contributed by atoms with Crippen molar-refractivity contribution in [2.24, 2.45) is 5.92 Å².